The summed E-state index contributed by atoms with van der Waals surface area (Å²) in [6.07, 6.45) is 3.19. The van der Waals surface area contributed by atoms with Crippen LogP contribution in [0.25, 0.3) is 0 Å². The van der Waals surface area contributed by atoms with Gasteiger partial charge < -0.3 is 9.47 Å². The molecule has 17 heavy (non-hydrogen) atoms. The van der Waals surface area contributed by atoms with Crippen LogP contribution in [0.5, 0.6) is 0 Å². The molecule has 0 amide bonds. The molecule has 104 valence electrons. The van der Waals surface area contributed by atoms with E-state index in [0.717, 1.165) is 25.9 Å². The average molecular weight is 244 g/mol. The largest absolute Gasteiger partial charge is 0.375 e. The van der Waals surface area contributed by atoms with Crippen LogP contribution < -0.4 is 0 Å². The first kappa shape index (κ1) is 16.9. The van der Waals surface area contributed by atoms with Crippen molar-refractivity contribution in [3.05, 3.63) is 0 Å². The molecule has 0 spiro atoms. The number of ether oxygens (including phenoxy) is 2. The van der Waals surface area contributed by atoms with Crippen molar-refractivity contribution in [2.45, 2.75) is 91.5 Å². The third-order valence-corrected chi connectivity index (χ3v) is 2.63. The molecule has 0 N–H and O–H groups in total. The second kappa shape index (κ2) is 6.19. The zero-order chi connectivity index (χ0) is 13.7. The summed E-state index contributed by atoms with van der Waals surface area (Å²) in [4.78, 5) is 0. The maximum absolute atomic E-state index is 6.02. The highest BCUT2D eigenvalue weighted by Crippen LogP contribution is 2.24. The van der Waals surface area contributed by atoms with Crippen LogP contribution in [0.3, 0.4) is 0 Å². The van der Waals surface area contributed by atoms with Crippen LogP contribution in [0.4, 0.5) is 0 Å². The molecule has 0 saturated heterocycles. The minimum Gasteiger partial charge on any atom is -0.375 e. The van der Waals surface area contributed by atoms with E-state index in [1.54, 1.807) is 0 Å². The lowest BCUT2D eigenvalue weighted by Crippen LogP contribution is -2.37. The summed E-state index contributed by atoms with van der Waals surface area (Å²) in [5.74, 6) is 0. The minimum absolute atomic E-state index is 0.00738. The monoisotopic (exact) mass is 244 g/mol. The van der Waals surface area contributed by atoms with Gasteiger partial charge in [0.2, 0.25) is 0 Å². The van der Waals surface area contributed by atoms with Gasteiger partial charge in [-0.05, 0) is 61.3 Å². The third kappa shape index (κ3) is 9.61. The average Bonchev–Trinajstić information content (AvgIpc) is 1.96. The van der Waals surface area contributed by atoms with E-state index in [1.165, 1.54) is 0 Å². The summed E-state index contributed by atoms with van der Waals surface area (Å²) in [5, 5.41) is 0. The SMILES string of the molecule is CCCC(C)(C)OCCC(C)(C)OC(C)(C)C. The lowest BCUT2D eigenvalue weighted by molar-refractivity contribution is -0.132. The fraction of sp³-hybridized carbons (Fsp3) is 1.00. The highest BCUT2D eigenvalue weighted by molar-refractivity contribution is 4.75. The van der Waals surface area contributed by atoms with Gasteiger partial charge in [-0.1, -0.05) is 13.3 Å². The van der Waals surface area contributed by atoms with Crippen molar-refractivity contribution in [2.24, 2.45) is 0 Å². The van der Waals surface area contributed by atoms with Crippen molar-refractivity contribution in [2.75, 3.05) is 6.61 Å². The van der Waals surface area contributed by atoms with E-state index in [9.17, 15) is 0 Å². The van der Waals surface area contributed by atoms with E-state index in [1.807, 2.05) is 0 Å². The summed E-state index contributed by atoms with van der Waals surface area (Å²) in [6, 6.07) is 0. The molecule has 0 heterocycles. The highest BCUT2D eigenvalue weighted by atomic mass is 16.5. The second-order valence-electron chi connectivity index (χ2n) is 7.08. The van der Waals surface area contributed by atoms with Crippen molar-refractivity contribution < 1.29 is 9.47 Å². The van der Waals surface area contributed by atoms with Gasteiger partial charge in [-0.25, -0.2) is 0 Å². The summed E-state index contributed by atoms with van der Waals surface area (Å²) < 4.78 is 12.0. The van der Waals surface area contributed by atoms with Crippen LogP contribution in [0, 0.1) is 0 Å². The molecule has 0 aliphatic heterocycles. The van der Waals surface area contributed by atoms with E-state index in [0.29, 0.717) is 0 Å². The molecule has 0 unspecified atom stereocenters. The molecule has 0 fully saturated rings. The van der Waals surface area contributed by atoms with Crippen LogP contribution in [-0.4, -0.2) is 23.4 Å². The predicted molar refractivity (Wildman–Crippen MR) is 74.5 cm³/mol. The van der Waals surface area contributed by atoms with Crippen molar-refractivity contribution >= 4 is 0 Å². The van der Waals surface area contributed by atoms with Gasteiger partial charge in [0.05, 0.1) is 23.4 Å². The van der Waals surface area contributed by atoms with E-state index in [-0.39, 0.29) is 16.8 Å². The van der Waals surface area contributed by atoms with Gasteiger partial charge in [0.1, 0.15) is 0 Å². The molecular formula is C15H32O2. The van der Waals surface area contributed by atoms with Crippen LogP contribution in [0.2, 0.25) is 0 Å². The van der Waals surface area contributed by atoms with Gasteiger partial charge in [-0.3, -0.25) is 0 Å². The van der Waals surface area contributed by atoms with Gasteiger partial charge in [-0.2, -0.15) is 0 Å². The summed E-state index contributed by atoms with van der Waals surface area (Å²) in [7, 11) is 0. The third-order valence-electron chi connectivity index (χ3n) is 2.63. The Morgan fingerprint density at radius 3 is 1.71 bits per heavy atom. The van der Waals surface area contributed by atoms with E-state index in [2.05, 4.69) is 55.4 Å². The molecule has 0 rings (SSSR count). The summed E-state index contributed by atoms with van der Waals surface area (Å²) in [5.41, 5.74) is -0.227. The minimum atomic E-state index is -0.124. The first-order valence-electron chi connectivity index (χ1n) is 6.82. The summed E-state index contributed by atoms with van der Waals surface area (Å²) >= 11 is 0. The fourth-order valence-electron chi connectivity index (χ4n) is 2.13. The molecule has 0 aromatic carbocycles. The lowest BCUT2D eigenvalue weighted by atomic mass is 10.0. The summed E-state index contributed by atoms with van der Waals surface area (Å²) in [6.45, 7) is 17.8. The number of hydrogen-bond donors (Lipinski definition) is 0. The zero-order valence-corrected chi connectivity index (χ0v) is 13.1. The zero-order valence-electron chi connectivity index (χ0n) is 13.1. The van der Waals surface area contributed by atoms with Gasteiger partial charge in [0, 0.05) is 0 Å². The predicted octanol–water partition coefficient (Wildman–Crippen LogP) is 4.57. The maximum atomic E-state index is 6.02. The molecule has 0 aromatic heterocycles. The first-order valence-corrected chi connectivity index (χ1v) is 6.82. The van der Waals surface area contributed by atoms with Crippen molar-refractivity contribution in [1.82, 2.24) is 0 Å². The van der Waals surface area contributed by atoms with Gasteiger partial charge in [0.15, 0.2) is 0 Å². The van der Waals surface area contributed by atoms with Gasteiger partial charge in [0.25, 0.3) is 0 Å². The van der Waals surface area contributed by atoms with Crippen molar-refractivity contribution in [3.8, 4) is 0 Å². The van der Waals surface area contributed by atoms with E-state index in [4.69, 9.17) is 9.47 Å². The van der Waals surface area contributed by atoms with Crippen LogP contribution in [-0.2, 0) is 9.47 Å². The van der Waals surface area contributed by atoms with Crippen molar-refractivity contribution in [3.63, 3.8) is 0 Å². The highest BCUT2D eigenvalue weighted by Gasteiger charge is 2.26. The molecule has 0 bridgehead atoms. The van der Waals surface area contributed by atoms with Crippen LogP contribution in [0.1, 0.15) is 74.7 Å². The Bertz CT molecular complexity index is 211. The van der Waals surface area contributed by atoms with Gasteiger partial charge in [-0.15, -0.1) is 0 Å². The van der Waals surface area contributed by atoms with E-state index < -0.39 is 0 Å². The number of hydrogen-bond acceptors (Lipinski definition) is 2. The Kier molecular flexibility index (Phi) is 6.16. The van der Waals surface area contributed by atoms with Gasteiger partial charge >= 0.3 is 0 Å². The second-order valence-corrected chi connectivity index (χ2v) is 7.08. The fourth-order valence-corrected chi connectivity index (χ4v) is 2.13. The van der Waals surface area contributed by atoms with Crippen molar-refractivity contribution in [1.29, 1.82) is 0 Å². The molecule has 0 aromatic rings. The Morgan fingerprint density at radius 2 is 1.29 bits per heavy atom. The molecule has 0 aliphatic rings. The molecule has 2 nitrogen and oxygen atoms in total. The lowest BCUT2D eigenvalue weighted by Gasteiger charge is -2.35. The van der Waals surface area contributed by atoms with Crippen LogP contribution >= 0.6 is 0 Å². The standard InChI is InChI=1S/C15H32O2/c1-9-10-14(5,6)16-12-11-15(7,8)17-13(2,3)4/h9-12H2,1-8H3. The Hall–Kier alpha value is -0.0800. The smallest absolute Gasteiger partial charge is 0.0655 e. The Labute approximate surface area is 108 Å². The maximum Gasteiger partial charge on any atom is 0.0655 e. The van der Waals surface area contributed by atoms with E-state index >= 15 is 0 Å². The molecule has 2 heteroatoms. The topological polar surface area (TPSA) is 18.5 Å². The normalized spacial score (nSPS) is 14.1. The Balaban J connectivity index is 4.03. The molecule has 0 saturated carbocycles. The number of rotatable bonds is 7. The molecule has 0 aliphatic carbocycles. The molecule has 0 atom stereocenters. The molecular weight excluding hydrogens is 212 g/mol. The quantitative estimate of drug-likeness (QED) is 0.653. The molecule has 0 radical (unpaired) electrons. The van der Waals surface area contributed by atoms with Crippen LogP contribution in [0.15, 0.2) is 0 Å². The Morgan fingerprint density at radius 1 is 0.765 bits per heavy atom. The first-order chi connectivity index (χ1) is 7.47.